The van der Waals surface area contributed by atoms with Crippen molar-refractivity contribution >= 4 is 17.3 Å². The number of hydrogen-bond donors (Lipinski definition) is 0. The molecule has 5 nitrogen and oxygen atoms in total. The summed E-state index contributed by atoms with van der Waals surface area (Å²) in [4.78, 5) is 15.6. The third kappa shape index (κ3) is 2.68. The van der Waals surface area contributed by atoms with Crippen LogP contribution in [0.1, 0.15) is 10.4 Å². The largest absolute Gasteiger partial charge is 0.485 e. The van der Waals surface area contributed by atoms with Gasteiger partial charge in [-0.2, -0.15) is 0 Å². The normalized spacial score (nSPS) is 16.9. The van der Waals surface area contributed by atoms with Gasteiger partial charge in [-0.05, 0) is 12.1 Å². The van der Waals surface area contributed by atoms with Crippen LogP contribution in [-0.4, -0.2) is 30.3 Å². The molecule has 1 unspecified atom stereocenters. The molecule has 0 radical (unpaired) electrons. The topological polar surface area (TPSA) is 57.7 Å². The number of ether oxygens (including phenoxy) is 3. The van der Waals surface area contributed by atoms with Crippen LogP contribution >= 0.6 is 11.3 Å². The molecule has 0 saturated carbocycles. The predicted octanol–water partition coefficient (Wildman–Crippen LogP) is 2.14. The van der Waals surface area contributed by atoms with E-state index in [2.05, 4.69) is 4.98 Å². The standard InChI is InChI=1S/C13H11NO4S/c15-13(9-1-3-14-4-2-9)17-6-10-5-16-11-7-19-8-12(11)18-10/h1-4,7-8,10H,5-6H2. The molecule has 0 aromatic carbocycles. The lowest BCUT2D eigenvalue weighted by Crippen LogP contribution is -2.33. The molecule has 0 fully saturated rings. The van der Waals surface area contributed by atoms with Crippen molar-refractivity contribution in [3.05, 3.63) is 40.8 Å². The fraction of sp³-hybridized carbons (Fsp3) is 0.231. The fourth-order valence-corrected chi connectivity index (χ4v) is 2.35. The predicted molar refractivity (Wildman–Crippen MR) is 68.7 cm³/mol. The van der Waals surface area contributed by atoms with Gasteiger partial charge in [0.15, 0.2) is 17.6 Å². The Morgan fingerprint density at radius 1 is 1.37 bits per heavy atom. The monoisotopic (exact) mass is 277 g/mol. The van der Waals surface area contributed by atoms with Crippen molar-refractivity contribution in [3.63, 3.8) is 0 Å². The average Bonchev–Trinajstić information content (AvgIpc) is 2.93. The molecule has 2 aromatic heterocycles. The second kappa shape index (κ2) is 5.27. The van der Waals surface area contributed by atoms with Crippen LogP contribution < -0.4 is 9.47 Å². The maximum atomic E-state index is 11.7. The number of aromatic nitrogens is 1. The molecule has 0 N–H and O–H groups in total. The smallest absolute Gasteiger partial charge is 0.338 e. The van der Waals surface area contributed by atoms with Gasteiger partial charge in [0, 0.05) is 23.2 Å². The highest BCUT2D eigenvalue weighted by atomic mass is 32.1. The number of esters is 1. The molecule has 0 bridgehead atoms. The molecular weight excluding hydrogens is 266 g/mol. The zero-order valence-corrected chi connectivity index (χ0v) is 10.8. The first-order chi connectivity index (χ1) is 9.33. The maximum absolute atomic E-state index is 11.7. The summed E-state index contributed by atoms with van der Waals surface area (Å²) in [6, 6.07) is 3.22. The Kier molecular flexibility index (Phi) is 3.33. The summed E-state index contributed by atoms with van der Waals surface area (Å²) in [5, 5.41) is 3.75. The average molecular weight is 277 g/mol. The van der Waals surface area contributed by atoms with E-state index in [1.165, 1.54) is 11.3 Å². The van der Waals surface area contributed by atoms with Crippen molar-refractivity contribution in [2.24, 2.45) is 0 Å². The molecule has 19 heavy (non-hydrogen) atoms. The number of thiophene rings is 1. The number of fused-ring (bicyclic) bond motifs is 1. The molecule has 1 aliphatic rings. The van der Waals surface area contributed by atoms with Crippen LogP contribution in [0.4, 0.5) is 0 Å². The van der Waals surface area contributed by atoms with Crippen LogP contribution in [0.15, 0.2) is 35.3 Å². The zero-order valence-electron chi connectivity index (χ0n) is 9.94. The molecular formula is C13H11NO4S. The first-order valence-corrected chi connectivity index (χ1v) is 6.70. The highest BCUT2D eigenvalue weighted by Crippen LogP contribution is 2.35. The maximum Gasteiger partial charge on any atom is 0.338 e. The molecule has 0 aliphatic carbocycles. The minimum absolute atomic E-state index is 0.163. The molecule has 6 heteroatoms. The van der Waals surface area contributed by atoms with Crippen LogP contribution in [0.3, 0.4) is 0 Å². The summed E-state index contributed by atoms with van der Waals surface area (Å²) in [6.45, 7) is 0.545. The van der Waals surface area contributed by atoms with Gasteiger partial charge in [0.25, 0.3) is 0 Å². The Hall–Kier alpha value is -2.08. The number of pyridine rings is 1. The van der Waals surface area contributed by atoms with Gasteiger partial charge in [-0.1, -0.05) is 0 Å². The summed E-state index contributed by atoms with van der Waals surface area (Å²) < 4.78 is 16.3. The first kappa shape index (κ1) is 12.0. The molecule has 1 aliphatic heterocycles. The van der Waals surface area contributed by atoms with Gasteiger partial charge in [0.1, 0.15) is 13.2 Å². The summed E-state index contributed by atoms with van der Waals surface area (Å²) in [5.41, 5.74) is 0.475. The van der Waals surface area contributed by atoms with Crippen LogP contribution in [-0.2, 0) is 4.74 Å². The van der Waals surface area contributed by atoms with Crippen molar-refractivity contribution in [2.75, 3.05) is 13.2 Å². The van der Waals surface area contributed by atoms with E-state index >= 15 is 0 Å². The third-order valence-electron chi connectivity index (χ3n) is 2.63. The lowest BCUT2D eigenvalue weighted by molar-refractivity contribution is 0.0114. The summed E-state index contributed by atoms with van der Waals surface area (Å²) in [6.07, 6.45) is 2.83. The highest BCUT2D eigenvalue weighted by Gasteiger charge is 2.23. The number of hydrogen-bond acceptors (Lipinski definition) is 6. The number of rotatable bonds is 3. The third-order valence-corrected chi connectivity index (χ3v) is 3.33. The van der Waals surface area contributed by atoms with Gasteiger partial charge in [0.05, 0.1) is 5.56 Å². The second-order valence-electron chi connectivity index (χ2n) is 3.99. The Morgan fingerprint density at radius 3 is 3.00 bits per heavy atom. The van der Waals surface area contributed by atoms with E-state index in [-0.39, 0.29) is 18.7 Å². The van der Waals surface area contributed by atoms with E-state index in [9.17, 15) is 4.79 Å². The Balaban J connectivity index is 1.55. The second-order valence-corrected chi connectivity index (χ2v) is 4.73. The lowest BCUT2D eigenvalue weighted by Gasteiger charge is -2.24. The first-order valence-electron chi connectivity index (χ1n) is 5.76. The molecule has 2 aromatic rings. The van der Waals surface area contributed by atoms with E-state index in [4.69, 9.17) is 14.2 Å². The SMILES string of the molecule is O=C(OCC1COc2cscc2O1)c1ccncc1. The number of nitrogens with zero attached hydrogens (tertiary/aromatic N) is 1. The van der Waals surface area contributed by atoms with Gasteiger partial charge >= 0.3 is 5.97 Å². The molecule has 0 saturated heterocycles. The van der Waals surface area contributed by atoms with Gasteiger partial charge in [-0.15, -0.1) is 11.3 Å². The van der Waals surface area contributed by atoms with E-state index in [1.807, 2.05) is 10.8 Å². The van der Waals surface area contributed by atoms with Crippen LogP contribution in [0.2, 0.25) is 0 Å². The van der Waals surface area contributed by atoms with Crippen LogP contribution in [0, 0.1) is 0 Å². The molecule has 0 spiro atoms. The molecule has 98 valence electrons. The van der Waals surface area contributed by atoms with E-state index in [1.54, 1.807) is 24.5 Å². The fourth-order valence-electron chi connectivity index (χ4n) is 1.68. The van der Waals surface area contributed by atoms with E-state index in [0.29, 0.717) is 17.9 Å². The lowest BCUT2D eigenvalue weighted by atomic mass is 10.3. The minimum atomic E-state index is -0.387. The molecule has 1 atom stereocenters. The van der Waals surface area contributed by atoms with Gasteiger partial charge in [-0.3, -0.25) is 4.98 Å². The minimum Gasteiger partial charge on any atom is -0.485 e. The Morgan fingerprint density at radius 2 is 2.16 bits per heavy atom. The van der Waals surface area contributed by atoms with E-state index < -0.39 is 0 Å². The van der Waals surface area contributed by atoms with Gasteiger partial charge in [0.2, 0.25) is 0 Å². The van der Waals surface area contributed by atoms with Crippen LogP contribution in [0.5, 0.6) is 11.5 Å². The molecule has 3 rings (SSSR count). The molecule has 3 heterocycles. The Labute approximate surface area is 113 Å². The van der Waals surface area contributed by atoms with Crippen molar-refractivity contribution in [3.8, 4) is 11.5 Å². The Bertz CT molecular complexity index is 569. The van der Waals surface area contributed by atoms with Crippen molar-refractivity contribution in [1.82, 2.24) is 4.98 Å². The quantitative estimate of drug-likeness (QED) is 0.804. The number of carbonyl (C=O) groups is 1. The van der Waals surface area contributed by atoms with E-state index in [0.717, 1.165) is 5.75 Å². The summed E-state index contributed by atoms with van der Waals surface area (Å²) >= 11 is 1.51. The summed E-state index contributed by atoms with van der Waals surface area (Å²) in [7, 11) is 0. The summed E-state index contributed by atoms with van der Waals surface area (Å²) in [5.74, 6) is 1.07. The zero-order chi connectivity index (χ0) is 13.1. The van der Waals surface area contributed by atoms with Crippen molar-refractivity contribution in [1.29, 1.82) is 0 Å². The highest BCUT2D eigenvalue weighted by molar-refractivity contribution is 7.08. The van der Waals surface area contributed by atoms with Gasteiger partial charge in [-0.25, -0.2) is 4.79 Å². The van der Waals surface area contributed by atoms with Gasteiger partial charge < -0.3 is 14.2 Å². The number of carbonyl (C=O) groups excluding carboxylic acids is 1. The molecule has 0 amide bonds. The van der Waals surface area contributed by atoms with Crippen molar-refractivity contribution in [2.45, 2.75) is 6.10 Å². The van der Waals surface area contributed by atoms with Crippen molar-refractivity contribution < 1.29 is 19.0 Å². The van der Waals surface area contributed by atoms with Crippen LogP contribution in [0.25, 0.3) is 0 Å².